The fourth-order valence-electron chi connectivity index (χ4n) is 3.77. The highest BCUT2D eigenvalue weighted by Gasteiger charge is 2.36. The molecule has 2 N–H and O–H groups in total. The van der Waals surface area contributed by atoms with Crippen molar-refractivity contribution in [2.24, 2.45) is 0 Å². The Bertz CT molecular complexity index is 1560. The molecule has 0 fully saturated rings. The van der Waals surface area contributed by atoms with Gasteiger partial charge >= 0.3 is 18.2 Å². The summed E-state index contributed by atoms with van der Waals surface area (Å²) in [7, 11) is 0. The van der Waals surface area contributed by atoms with Crippen LogP contribution >= 0.6 is 11.6 Å². The molecule has 0 radical (unpaired) electrons. The molecule has 0 atom stereocenters. The molecular formula is C29H31ClN6O5. The van der Waals surface area contributed by atoms with Crippen LogP contribution in [0.4, 0.5) is 31.6 Å². The molecule has 2 heterocycles. The standard InChI is InChI=1S/C29H31ClN6O5/c1-28(2,3)40-26(38)36(27(39)41-29(4,5)6)24-23-22(11-8-16-35(23)34-33-24)18-12-14-20(15-13-18)31-25(37)32-21-10-7-9-19(30)17-21/h7-17H,1-6H3,(H2,31,32,37). The van der Waals surface area contributed by atoms with E-state index < -0.39 is 29.4 Å². The normalized spacial score (nSPS) is 11.6. The highest BCUT2D eigenvalue weighted by molar-refractivity contribution is 6.30. The van der Waals surface area contributed by atoms with E-state index in [0.717, 1.165) is 4.90 Å². The van der Waals surface area contributed by atoms with E-state index in [1.54, 1.807) is 108 Å². The van der Waals surface area contributed by atoms with Crippen molar-refractivity contribution in [2.45, 2.75) is 52.7 Å². The number of hydrogen-bond donors (Lipinski definition) is 2. The molecule has 4 amide bonds. The van der Waals surface area contributed by atoms with Crippen molar-refractivity contribution in [3.63, 3.8) is 0 Å². The van der Waals surface area contributed by atoms with Crippen LogP contribution in [-0.2, 0) is 9.47 Å². The molecule has 4 rings (SSSR count). The Hall–Kier alpha value is -4.64. The van der Waals surface area contributed by atoms with Crippen molar-refractivity contribution >= 4 is 52.5 Å². The maximum absolute atomic E-state index is 13.2. The van der Waals surface area contributed by atoms with E-state index in [4.69, 9.17) is 21.1 Å². The van der Waals surface area contributed by atoms with Gasteiger partial charge in [0.25, 0.3) is 0 Å². The van der Waals surface area contributed by atoms with Crippen LogP contribution in [0.1, 0.15) is 41.5 Å². The first-order valence-corrected chi connectivity index (χ1v) is 13.1. The molecule has 0 aliphatic carbocycles. The largest absolute Gasteiger partial charge is 0.443 e. The lowest BCUT2D eigenvalue weighted by Gasteiger charge is -2.27. The number of nitrogens with one attached hydrogen (secondary N) is 2. The molecule has 0 spiro atoms. The second kappa shape index (κ2) is 11.5. The lowest BCUT2D eigenvalue weighted by molar-refractivity contribution is 0.0429. The highest BCUT2D eigenvalue weighted by Crippen LogP contribution is 2.33. The summed E-state index contributed by atoms with van der Waals surface area (Å²) in [5, 5.41) is 14.3. The predicted octanol–water partition coefficient (Wildman–Crippen LogP) is 7.37. The number of imide groups is 1. The van der Waals surface area contributed by atoms with Gasteiger partial charge in [0.1, 0.15) is 16.7 Å². The molecule has 2 aromatic carbocycles. The maximum Gasteiger partial charge on any atom is 0.425 e. The zero-order valence-corrected chi connectivity index (χ0v) is 24.3. The number of nitrogens with zero attached hydrogens (tertiary/aromatic N) is 4. The Kier molecular flexibility index (Phi) is 8.20. The van der Waals surface area contributed by atoms with Crippen LogP contribution in [0.15, 0.2) is 66.9 Å². The summed E-state index contributed by atoms with van der Waals surface area (Å²) in [5.41, 5.74) is 1.04. The van der Waals surface area contributed by atoms with Crippen LogP contribution < -0.4 is 15.5 Å². The maximum atomic E-state index is 13.2. The molecule has 2 aromatic heterocycles. The molecule has 0 bridgehead atoms. The Morgan fingerprint density at radius 3 is 2.02 bits per heavy atom. The van der Waals surface area contributed by atoms with Gasteiger partial charge in [-0.3, -0.25) is 0 Å². The smallest absolute Gasteiger partial charge is 0.425 e. The van der Waals surface area contributed by atoms with Gasteiger partial charge < -0.3 is 20.1 Å². The minimum absolute atomic E-state index is 0.0489. The van der Waals surface area contributed by atoms with Gasteiger partial charge in [-0.2, -0.15) is 4.90 Å². The number of pyridine rings is 1. The molecule has 0 aliphatic heterocycles. The quantitative estimate of drug-likeness (QED) is 0.259. The van der Waals surface area contributed by atoms with Crippen LogP contribution in [0.2, 0.25) is 5.02 Å². The van der Waals surface area contributed by atoms with Crippen LogP contribution in [0, 0.1) is 0 Å². The van der Waals surface area contributed by atoms with Gasteiger partial charge in [0.05, 0.1) is 0 Å². The number of rotatable bonds is 4. The summed E-state index contributed by atoms with van der Waals surface area (Å²) >= 11 is 5.98. The van der Waals surface area contributed by atoms with E-state index in [1.807, 2.05) is 0 Å². The van der Waals surface area contributed by atoms with Crippen molar-refractivity contribution in [3.05, 3.63) is 71.9 Å². The Balaban J connectivity index is 1.66. The number of halogens is 1. The molecule has 0 aliphatic rings. The summed E-state index contributed by atoms with van der Waals surface area (Å²) < 4.78 is 12.5. The number of amides is 4. The van der Waals surface area contributed by atoms with Gasteiger partial charge in [-0.15, -0.1) is 5.10 Å². The summed E-state index contributed by atoms with van der Waals surface area (Å²) in [6, 6.07) is 17.0. The topological polar surface area (TPSA) is 127 Å². The van der Waals surface area contributed by atoms with E-state index in [9.17, 15) is 14.4 Å². The average Bonchev–Trinajstić information content (AvgIpc) is 3.26. The third-order valence-corrected chi connectivity index (χ3v) is 5.56. The summed E-state index contributed by atoms with van der Waals surface area (Å²) in [4.78, 5) is 39.7. The van der Waals surface area contributed by atoms with Crippen LogP contribution in [-0.4, -0.2) is 44.2 Å². The number of aromatic nitrogens is 3. The number of hydrogen-bond acceptors (Lipinski definition) is 7. The zero-order valence-electron chi connectivity index (χ0n) is 23.6. The second-order valence-corrected chi connectivity index (χ2v) is 11.5. The van der Waals surface area contributed by atoms with Crippen molar-refractivity contribution < 1.29 is 23.9 Å². The molecule has 4 aromatic rings. The first-order valence-electron chi connectivity index (χ1n) is 12.7. The Morgan fingerprint density at radius 2 is 1.44 bits per heavy atom. The molecular weight excluding hydrogens is 548 g/mol. The number of ether oxygens (including phenoxy) is 2. The van der Waals surface area contributed by atoms with Gasteiger partial charge in [0.15, 0.2) is 5.82 Å². The molecule has 41 heavy (non-hydrogen) atoms. The number of urea groups is 1. The number of anilines is 3. The number of fused-ring (bicyclic) bond motifs is 1. The van der Waals surface area contributed by atoms with Crippen LogP contribution in [0.5, 0.6) is 0 Å². The molecule has 12 heteroatoms. The molecule has 11 nitrogen and oxygen atoms in total. The van der Waals surface area contributed by atoms with Gasteiger partial charge in [0, 0.05) is 28.2 Å². The van der Waals surface area contributed by atoms with E-state index in [2.05, 4.69) is 20.9 Å². The monoisotopic (exact) mass is 578 g/mol. The minimum Gasteiger partial charge on any atom is -0.443 e. The third-order valence-electron chi connectivity index (χ3n) is 5.32. The van der Waals surface area contributed by atoms with E-state index in [0.29, 0.717) is 33.0 Å². The number of benzene rings is 2. The first kappa shape index (κ1) is 29.3. The Labute approximate surface area is 242 Å². The highest BCUT2D eigenvalue weighted by atomic mass is 35.5. The Morgan fingerprint density at radius 1 is 0.829 bits per heavy atom. The summed E-state index contributed by atoms with van der Waals surface area (Å²) in [6.45, 7) is 10.2. The lowest BCUT2D eigenvalue weighted by atomic mass is 10.0. The van der Waals surface area contributed by atoms with Crippen molar-refractivity contribution in [3.8, 4) is 11.1 Å². The van der Waals surface area contributed by atoms with Crippen molar-refractivity contribution in [2.75, 3.05) is 15.5 Å². The van der Waals surface area contributed by atoms with Gasteiger partial charge in [-0.05, 0) is 83.5 Å². The third kappa shape index (κ3) is 7.52. The molecule has 0 saturated heterocycles. The van der Waals surface area contributed by atoms with Gasteiger partial charge in [-0.25, -0.2) is 18.9 Å². The fraction of sp³-hybridized carbons (Fsp3) is 0.276. The predicted molar refractivity (Wildman–Crippen MR) is 157 cm³/mol. The lowest BCUT2D eigenvalue weighted by Crippen LogP contribution is -2.44. The SMILES string of the molecule is CC(C)(C)OC(=O)N(C(=O)OC(C)(C)C)c1nnn2cccc(-c3ccc(NC(=O)Nc4cccc(Cl)c4)cc3)c12. The molecule has 0 unspecified atom stereocenters. The number of carbonyl (C=O) groups is 3. The van der Waals surface area contributed by atoms with Gasteiger partial charge in [-0.1, -0.05) is 41.1 Å². The number of carbonyl (C=O) groups excluding carboxylic acids is 3. The van der Waals surface area contributed by atoms with Crippen LogP contribution in [0.25, 0.3) is 16.6 Å². The summed E-state index contributed by atoms with van der Waals surface area (Å²) in [5.74, 6) is -0.0489. The first-order chi connectivity index (χ1) is 19.2. The minimum atomic E-state index is -0.950. The average molecular weight is 579 g/mol. The van der Waals surface area contributed by atoms with Crippen molar-refractivity contribution in [1.82, 2.24) is 14.8 Å². The second-order valence-electron chi connectivity index (χ2n) is 11.1. The van der Waals surface area contributed by atoms with E-state index in [1.165, 1.54) is 4.52 Å². The fourth-order valence-corrected chi connectivity index (χ4v) is 3.96. The molecule has 0 saturated carbocycles. The summed E-state index contributed by atoms with van der Waals surface area (Å²) in [6.07, 6.45) is -0.253. The van der Waals surface area contributed by atoms with Crippen LogP contribution in [0.3, 0.4) is 0 Å². The van der Waals surface area contributed by atoms with Crippen molar-refractivity contribution in [1.29, 1.82) is 0 Å². The van der Waals surface area contributed by atoms with Gasteiger partial charge in [0.2, 0.25) is 0 Å². The zero-order chi connectivity index (χ0) is 29.9. The van der Waals surface area contributed by atoms with E-state index >= 15 is 0 Å². The molecule has 214 valence electrons. The van der Waals surface area contributed by atoms with E-state index in [-0.39, 0.29) is 5.82 Å².